The van der Waals surface area contributed by atoms with Crippen LogP contribution in [-0.2, 0) is 16.4 Å². The predicted molar refractivity (Wildman–Crippen MR) is 75.8 cm³/mol. The maximum absolute atomic E-state index is 11.4. The Morgan fingerprint density at radius 1 is 1.11 bits per heavy atom. The summed E-state index contributed by atoms with van der Waals surface area (Å²) >= 11 is 0. The van der Waals surface area contributed by atoms with E-state index in [0.717, 1.165) is 16.7 Å². The third kappa shape index (κ3) is 3.02. The summed E-state index contributed by atoms with van der Waals surface area (Å²) in [6.45, 7) is 0. The van der Waals surface area contributed by atoms with Crippen LogP contribution in [0.2, 0.25) is 0 Å². The fraction of sp³-hybridized carbons (Fsp3) is 0.0667. The molecule has 0 heterocycles. The van der Waals surface area contributed by atoms with Gasteiger partial charge in [0.15, 0.2) is 0 Å². The predicted octanol–water partition coefficient (Wildman–Crippen LogP) is 2.18. The van der Waals surface area contributed by atoms with E-state index in [2.05, 4.69) is 5.92 Å². The molecule has 0 unspecified atom stereocenters. The van der Waals surface area contributed by atoms with Gasteiger partial charge < -0.3 is 0 Å². The van der Waals surface area contributed by atoms with Crippen LogP contribution in [0, 0.1) is 12.3 Å². The number of nitrogens with two attached hydrogens (primary N) is 1. The maximum atomic E-state index is 11.4. The Bertz CT molecular complexity index is 728. The molecule has 0 radical (unpaired) electrons. The van der Waals surface area contributed by atoms with Gasteiger partial charge in [0.1, 0.15) is 0 Å². The summed E-state index contributed by atoms with van der Waals surface area (Å²) in [6, 6.07) is 14.4. The average Bonchev–Trinajstić information content (AvgIpc) is 2.39. The van der Waals surface area contributed by atoms with E-state index in [0.29, 0.717) is 6.42 Å². The van der Waals surface area contributed by atoms with Gasteiger partial charge >= 0.3 is 0 Å². The topological polar surface area (TPSA) is 60.2 Å². The summed E-state index contributed by atoms with van der Waals surface area (Å²) in [5.74, 6) is 2.54. The zero-order chi connectivity index (χ0) is 13.9. The van der Waals surface area contributed by atoms with Crippen LogP contribution < -0.4 is 5.14 Å². The number of benzene rings is 2. The van der Waals surface area contributed by atoms with Crippen LogP contribution in [0.15, 0.2) is 53.4 Å². The molecule has 0 atom stereocenters. The highest BCUT2D eigenvalue weighted by molar-refractivity contribution is 7.89. The maximum Gasteiger partial charge on any atom is 0.238 e. The van der Waals surface area contributed by atoms with Crippen molar-refractivity contribution in [2.45, 2.75) is 11.3 Å². The highest BCUT2D eigenvalue weighted by Crippen LogP contribution is 2.26. The summed E-state index contributed by atoms with van der Waals surface area (Å²) in [4.78, 5) is 0.0810. The van der Waals surface area contributed by atoms with Gasteiger partial charge in [0, 0.05) is 6.42 Å². The largest absolute Gasteiger partial charge is 0.238 e. The van der Waals surface area contributed by atoms with Gasteiger partial charge in [0.25, 0.3) is 0 Å². The fourth-order valence-corrected chi connectivity index (χ4v) is 2.47. The quantitative estimate of drug-likeness (QED) is 0.870. The van der Waals surface area contributed by atoms with Crippen LogP contribution in [0.1, 0.15) is 5.56 Å². The Labute approximate surface area is 113 Å². The molecule has 0 aliphatic carbocycles. The molecule has 2 aromatic rings. The van der Waals surface area contributed by atoms with Crippen LogP contribution in [0.4, 0.5) is 0 Å². The molecular formula is C15H13NO2S. The molecule has 96 valence electrons. The molecule has 2 N–H and O–H groups in total. The summed E-state index contributed by atoms with van der Waals surface area (Å²) in [5.41, 5.74) is 2.69. The molecule has 0 bridgehead atoms. The van der Waals surface area contributed by atoms with Crippen LogP contribution in [0.5, 0.6) is 0 Å². The average molecular weight is 271 g/mol. The molecule has 0 aliphatic rings. The third-order valence-corrected chi connectivity index (χ3v) is 3.69. The first kappa shape index (κ1) is 13.3. The lowest BCUT2D eigenvalue weighted by Crippen LogP contribution is -2.12. The number of primary sulfonamides is 1. The second-order valence-corrected chi connectivity index (χ2v) is 5.67. The second kappa shape index (κ2) is 5.27. The van der Waals surface area contributed by atoms with E-state index in [1.165, 1.54) is 12.1 Å². The number of hydrogen-bond acceptors (Lipinski definition) is 2. The first-order chi connectivity index (χ1) is 9.02. The zero-order valence-electron chi connectivity index (χ0n) is 10.2. The molecule has 2 aromatic carbocycles. The van der Waals surface area contributed by atoms with Crippen molar-refractivity contribution in [3.63, 3.8) is 0 Å². The Morgan fingerprint density at radius 2 is 1.79 bits per heavy atom. The van der Waals surface area contributed by atoms with Crippen molar-refractivity contribution in [2.24, 2.45) is 5.14 Å². The normalized spacial score (nSPS) is 10.9. The second-order valence-electron chi connectivity index (χ2n) is 4.11. The van der Waals surface area contributed by atoms with Gasteiger partial charge in [-0.05, 0) is 28.8 Å². The standard InChI is InChI=1S/C15H13NO2S/c1-2-6-13-11-14(19(16,17)18)9-10-15(13)12-7-4-3-5-8-12/h1,3-5,7-11H,6H2,(H2,16,17,18). The van der Waals surface area contributed by atoms with Gasteiger partial charge in [-0.3, -0.25) is 0 Å². The van der Waals surface area contributed by atoms with Crippen molar-refractivity contribution in [3.8, 4) is 23.5 Å². The molecule has 0 amide bonds. The molecule has 0 fully saturated rings. The Balaban J connectivity index is 2.61. The smallest absolute Gasteiger partial charge is 0.225 e. The van der Waals surface area contributed by atoms with E-state index in [-0.39, 0.29) is 4.90 Å². The van der Waals surface area contributed by atoms with E-state index >= 15 is 0 Å². The zero-order valence-corrected chi connectivity index (χ0v) is 11.0. The lowest BCUT2D eigenvalue weighted by molar-refractivity contribution is 0.597. The summed E-state index contributed by atoms with van der Waals surface area (Å²) in [7, 11) is -3.71. The third-order valence-electron chi connectivity index (χ3n) is 2.78. The van der Waals surface area contributed by atoms with Crippen molar-refractivity contribution in [1.82, 2.24) is 0 Å². The summed E-state index contributed by atoms with van der Waals surface area (Å²) in [6.07, 6.45) is 5.69. The van der Waals surface area contributed by atoms with Crippen molar-refractivity contribution < 1.29 is 8.42 Å². The Kier molecular flexibility index (Phi) is 3.70. The van der Waals surface area contributed by atoms with Gasteiger partial charge in [0.05, 0.1) is 4.90 Å². The van der Waals surface area contributed by atoms with Crippen molar-refractivity contribution in [2.75, 3.05) is 0 Å². The van der Waals surface area contributed by atoms with Gasteiger partial charge in [-0.15, -0.1) is 12.3 Å². The van der Waals surface area contributed by atoms with Crippen molar-refractivity contribution in [1.29, 1.82) is 0 Å². The monoisotopic (exact) mass is 271 g/mol. The van der Waals surface area contributed by atoms with Crippen LogP contribution >= 0.6 is 0 Å². The van der Waals surface area contributed by atoms with Crippen molar-refractivity contribution in [3.05, 3.63) is 54.1 Å². The van der Waals surface area contributed by atoms with Gasteiger partial charge in [-0.1, -0.05) is 36.4 Å². The minimum Gasteiger partial charge on any atom is -0.225 e. The van der Waals surface area contributed by atoms with Crippen LogP contribution in [0.3, 0.4) is 0 Å². The number of hydrogen-bond donors (Lipinski definition) is 1. The minimum absolute atomic E-state index is 0.0810. The molecule has 0 saturated carbocycles. The lowest BCUT2D eigenvalue weighted by Gasteiger charge is -2.09. The molecular weight excluding hydrogens is 258 g/mol. The summed E-state index contributed by atoms with van der Waals surface area (Å²) in [5, 5.41) is 5.13. The Hall–Kier alpha value is -2.09. The van der Waals surface area contributed by atoms with Crippen molar-refractivity contribution >= 4 is 10.0 Å². The van der Waals surface area contributed by atoms with E-state index in [1.807, 2.05) is 30.3 Å². The Morgan fingerprint density at radius 3 is 2.37 bits per heavy atom. The van der Waals surface area contributed by atoms with E-state index in [9.17, 15) is 8.42 Å². The van der Waals surface area contributed by atoms with E-state index in [1.54, 1.807) is 6.07 Å². The SMILES string of the molecule is C#CCc1cc(S(N)(=O)=O)ccc1-c1ccccc1. The minimum atomic E-state index is -3.71. The van der Waals surface area contributed by atoms with Gasteiger partial charge in [-0.2, -0.15) is 0 Å². The van der Waals surface area contributed by atoms with Crippen LogP contribution in [-0.4, -0.2) is 8.42 Å². The number of sulfonamides is 1. The molecule has 0 aliphatic heterocycles. The van der Waals surface area contributed by atoms with E-state index < -0.39 is 10.0 Å². The molecule has 19 heavy (non-hydrogen) atoms. The molecule has 0 aromatic heterocycles. The highest BCUT2D eigenvalue weighted by atomic mass is 32.2. The number of rotatable bonds is 3. The molecule has 4 heteroatoms. The van der Waals surface area contributed by atoms with Gasteiger partial charge in [0.2, 0.25) is 10.0 Å². The lowest BCUT2D eigenvalue weighted by atomic mass is 9.98. The number of terminal acetylenes is 1. The molecule has 2 rings (SSSR count). The van der Waals surface area contributed by atoms with E-state index in [4.69, 9.17) is 11.6 Å². The molecule has 0 saturated heterocycles. The highest BCUT2D eigenvalue weighted by Gasteiger charge is 2.11. The first-order valence-corrected chi connectivity index (χ1v) is 7.21. The molecule has 3 nitrogen and oxygen atoms in total. The van der Waals surface area contributed by atoms with Gasteiger partial charge in [-0.25, -0.2) is 13.6 Å². The fourth-order valence-electron chi connectivity index (χ4n) is 1.90. The summed E-state index contributed by atoms with van der Waals surface area (Å²) < 4.78 is 22.7. The first-order valence-electron chi connectivity index (χ1n) is 5.67. The molecule has 0 spiro atoms. The van der Waals surface area contributed by atoms with Crippen LogP contribution in [0.25, 0.3) is 11.1 Å².